The maximum atomic E-state index is 12.7. The Morgan fingerprint density at radius 3 is 2.53 bits per heavy atom. The van der Waals surface area contributed by atoms with Gasteiger partial charge < -0.3 is 4.57 Å². The fourth-order valence-corrected chi connectivity index (χ4v) is 4.74. The zero-order valence-corrected chi connectivity index (χ0v) is 18.7. The van der Waals surface area contributed by atoms with Crippen LogP contribution in [-0.2, 0) is 4.79 Å². The van der Waals surface area contributed by atoms with Gasteiger partial charge in [0.05, 0.1) is 5.57 Å². The van der Waals surface area contributed by atoms with E-state index in [1.165, 1.54) is 22.3 Å². The fraction of sp³-hybridized carbons (Fsp3) is 0.304. The lowest BCUT2D eigenvalue weighted by Gasteiger charge is -2.20. The van der Waals surface area contributed by atoms with Gasteiger partial charge in [-0.1, -0.05) is 31.5 Å². The van der Waals surface area contributed by atoms with Crippen LogP contribution in [-0.4, -0.2) is 31.5 Å². The highest BCUT2D eigenvalue weighted by molar-refractivity contribution is 8.26. The van der Waals surface area contributed by atoms with Crippen molar-refractivity contribution in [2.45, 2.75) is 41.0 Å². The second-order valence-electron chi connectivity index (χ2n) is 8.11. The molecule has 1 amide bonds. The lowest BCUT2D eigenvalue weighted by Crippen LogP contribution is -2.35. The number of amidine groups is 2. The molecule has 1 N–H and O–H groups in total. The minimum absolute atomic E-state index is 0.0800. The van der Waals surface area contributed by atoms with Crippen LogP contribution < -0.4 is 0 Å². The molecule has 3 heterocycles. The highest BCUT2D eigenvalue weighted by Gasteiger charge is 2.35. The van der Waals surface area contributed by atoms with Gasteiger partial charge in [-0.05, 0) is 68.3 Å². The van der Waals surface area contributed by atoms with Gasteiger partial charge in [-0.25, -0.2) is 0 Å². The van der Waals surface area contributed by atoms with Crippen LogP contribution in [0.25, 0.3) is 11.8 Å². The zero-order chi connectivity index (χ0) is 21.6. The van der Waals surface area contributed by atoms with E-state index in [9.17, 15) is 4.79 Å². The molecule has 0 saturated carbocycles. The molecule has 4 rings (SSSR count). The number of amides is 1. The summed E-state index contributed by atoms with van der Waals surface area (Å²) in [6.07, 6.45) is 2.57. The molecule has 1 aromatic heterocycles. The Morgan fingerprint density at radius 2 is 1.87 bits per heavy atom. The van der Waals surface area contributed by atoms with Gasteiger partial charge in [-0.3, -0.25) is 10.2 Å². The molecule has 0 saturated heterocycles. The summed E-state index contributed by atoms with van der Waals surface area (Å²) in [5, 5.41) is 15.9. The number of carbonyl (C=O) groups is 1. The van der Waals surface area contributed by atoms with Gasteiger partial charge >= 0.3 is 0 Å². The van der Waals surface area contributed by atoms with Gasteiger partial charge in [0.2, 0.25) is 5.17 Å². The Balaban J connectivity index is 1.70. The monoisotopic (exact) mass is 419 g/mol. The average molecular weight is 420 g/mol. The molecule has 2 aliphatic rings. The van der Waals surface area contributed by atoms with Crippen LogP contribution in [0.1, 0.15) is 42.8 Å². The Hall–Kier alpha value is -2.93. The summed E-state index contributed by atoms with van der Waals surface area (Å²) in [7, 11) is 0. The molecule has 0 aliphatic carbocycles. The van der Waals surface area contributed by atoms with E-state index in [0.29, 0.717) is 11.1 Å². The standard InChI is InChI=1S/C23H25N5OS/c1-13(2)10-20-26-28-21(24)19(22(29)25-23(28)30-20)12-17-11-15(4)27(16(17)5)18-8-6-14(3)7-9-18/h6-9,11-13,24H,10H2,1-5H3/b19-12+,24-21?. The fourth-order valence-electron chi connectivity index (χ4n) is 3.64. The van der Waals surface area contributed by atoms with E-state index in [-0.39, 0.29) is 17.3 Å². The van der Waals surface area contributed by atoms with Crippen molar-refractivity contribution in [3.05, 3.63) is 58.4 Å². The first kappa shape index (κ1) is 20.3. The van der Waals surface area contributed by atoms with Gasteiger partial charge in [0.1, 0.15) is 5.04 Å². The van der Waals surface area contributed by atoms with Crippen molar-refractivity contribution in [2.24, 2.45) is 16.0 Å². The quantitative estimate of drug-likeness (QED) is 0.703. The number of hydrogen-bond donors (Lipinski definition) is 1. The third kappa shape index (κ3) is 3.65. The van der Waals surface area contributed by atoms with E-state index >= 15 is 0 Å². The third-order valence-corrected chi connectivity index (χ3v) is 6.07. The average Bonchev–Trinajstić information content (AvgIpc) is 3.19. The summed E-state index contributed by atoms with van der Waals surface area (Å²) < 4.78 is 2.15. The van der Waals surface area contributed by atoms with Gasteiger partial charge in [-0.2, -0.15) is 15.1 Å². The van der Waals surface area contributed by atoms with Crippen LogP contribution in [0.4, 0.5) is 0 Å². The molecule has 7 heteroatoms. The van der Waals surface area contributed by atoms with Crippen molar-refractivity contribution in [3.8, 4) is 5.69 Å². The molecule has 2 aliphatic heterocycles. The first-order chi connectivity index (χ1) is 14.2. The Kier molecular flexibility index (Phi) is 5.24. The van der Waals surface area contributed by atoms with Crippen molar-refractivity contribution >= 4 is 39.8 Å². The molecule has 30 heavy (non-hydrogen) atoms. The Morgan fingerprint density at radius 1 is 1.17 bits per heavy atom. The number of thioether (sulfide) groups is 1. The number of hydrogen-bond acceptors (Lipinski definition) is 4. The normalized spacial score (nSPS) is 17.7. The molecule has 0 radical (unpaired) electrons. The minimum Gasteiger partial charge on any atom is -0.318 e. The van der Waals surface area contributed by atoms with Crippen molar-refractivity contribution in [1.82, 2.24) is 9.58 Å². The van der Waals surface area contributed by atoms with E-state index < -0.39 is 0 Å². The number of aliphatic imine (C=N–C) groups is 1. The summed E-state index contributed by atoms with van der Waals surface area (Å²) in [6, 6.07) is 10.4. The maximum absolute atomic E-state index is 12.7. The number of rotatable bonds is 4. The molecule has 1 aromatic carbocycles. The molecule has 0 bridgehead atoms. The highest BCUT2D eigenvalue weighted by atomic mass is 32.2. The first-order valence-electron chi connectivity index (χ1n) is 9.99. The van der Waals surface area contributed by atoms with Crippen LogP contribution in [0, 0.1) is 32.1 Å². The largest absolute Gasteiger partial charge is 0.318 e. The van der Waals surface area contributed by atoms with E-state index in [0.717, 1.165) is 34.1 Å². The number of nitrogens with one attached hydrogen (secondary N) is 1. The number of benzene rings is 1. The Labute approximate surface area is 180 Å². The number of carbonyl (C=O) groups excluding carboxylic acids is 1. The summed E-state index contributed by atoms with van der Waals surface area (Å²) in [5.74, 6) is 0.140. The molecule has 0 unspecified atom stereocenters. The maximum Gasteiger partial charge on any atom is 0.283 e. The van der Waals surface area contributed by atoms with Crippen molar-refractivity contribution in [3.63, 3.8) is 0 Å². The number of hydrazone groups is 1. The van der Waals surface area contributed by atoms with E-state index in [4.69, 9.17) is 5.41 Å². The first-order valence-corrected chi connectivity index (χ1v) is 10.8. The van der Waals surface area contributed by atoms with E-state index in [2.05, 4.69) is 59.7 Å². The molecule has 0 atom stereocenters. The third-order valence-electron chi connectivity index (χ3n) is 5.14. The molecule has 2 aromatic rings. The van der Waals surface area contributed by atoms with Crippen molar-refractivity contribution < 1.29 is 4.79 Å². The number of aromatic nitrogens is 1. The summed E-state index contributed by atoms with van der Waals surface area (Å²) in [5.41, 5.74) is 5.52. The lowest BCUT2D eigenvalue weighted by molar-refractivity contribution is -0.114. The number of nitrogens with zero attached hydrogens (tertiary/aromatic N) is 4. The highest BCUT2D eigenvalue weighted by Crippen LogP contribution is 2.31. The predicted molar refractivity (Wildman–Crippen MR) is 124 cm³/mol. The zero-order valence-electron chi connectivity index (χ0n) is 17.9. The van der Waals surface area contributed by atoms with E-state index in [1.807, 2.05) is 19.9 Å². The summed E-state index contributed by atoms with van der Waals surface area (Å²) in [6.45, 7) is 10.4. The van der Waals surface area contributed by atoms with Crippen LogP contribution in [0.3, 0.4) is 0 Å². The summed E-state index contributed by atoms with van der Waals surface area (Å²) >= 11 is 1.38. The smallest absolute Gasteiger partial charge is 0.283 e. The van der Waals surface area contributed by atoms with Crippen LogP contribution in [0.15, 0.2) is 46.0 Å². The predicted octanol–water partition coefficient (Wildman–Crippen LogP) is 5.07. The van der Waals surface area contributed by atoms with Crippen LogP contribution in [0.5, 0.6) is 0 Å². The summed E-state index contributed by atoms with van der Waals surface area (Å²) in [4.78, 5) is 16.9. The molecule has 6 nitrogen and oxygen atoms in total. The second kappa shape index (κ2) is 7.72. The topological polar surface area (TPSA) is 73.8 Å². The van der Waals surface area contributed by atoms with E-state index in [1.54, 1.807) is 6.08 Å². The van der Waals surface area contributed by atoms with Crippen LogP contribution >= 0.6 is 11.8 Å². The Bertz CT molecular complexity index is 1140. The molecule has 0 fully saturated rings. The van der Waals surface area contributed by atoms with Crippen molar-refractivity contribution in [2.75, 3.05) is 0 Å². The number of aryl methyl sites for hydroxylation is 2. The van der Waals surface area contributed by atoms with Gasteiger partial charge in [-0.15, -0.1) is 0 Å². The minimum atomic E-state index is -0.389. The van der Waals surface area contributed by atoms with Crippen LogP contribution in [0.2, 0.25) is 0 Å². The molecule has 154 valence electrons. The molecule has 0 spiro atoms. The van der Waals surface area contributed by atoms with Crippen molar-refractivity contribution in [1.29, 1.82) is 5.41 Å². The van der Waals surface area contributed by atoms with Gasteiger partial charge in [0, 0.05) is 23.5 Å². The van der Waals surface area contributed by atoms with Gasteiger partial charge in [0.15, 0.2) is 5.84 Å². The van der Waals surface area contributed by atoms with Gasteiger partial charge in [0.25, 0.3) is 5.91 Å². The lowest BCUT2D eigenvalue weighted by atomic mass is 10.1. The second-order valence-corrected chi connectivity index (χ2v) is 9.15. The number of fused-ring (bicyclic) bond motifs is 1. The SMILES string of the molecule is Cc1ccc(-n2c(C)cc(/C=C3\C(=N)N4N=C(CC(C)C)SC4=NC3=O)c2C)cc1. The molecular weight excluding hydrogens is 394 g/mol. The molecular formula is C23H25N5OS.